The van der Waals surface area contributed by atoms with Crippen LogP contribution < -0.4 is 0 Å². The number of aryl methyl sites for hydroxylation is 1. The van der Waals surface area contributed by atoms with Crippen molar-refractivity contribution in [3.63, 3.8) is 0 Å². The number of amides is 1. The number of fused-ring (bicyclic) bond motifs is 1. The number of aromatic nitrogens is 2. The summed E-state index contributed by atoms with van der Waals surface area (Å²) in [4.78, 5) is 16.8. The van der Waals surface area contributed by atoms with Crippen molar-refractivity contribution in [3.8, 4) is 0 Å². The maximum Gasteiger partial charge on any atom is 0.222 e. The Morgan fingerprint density at radius 1 is 1.11 bits per heavy atom. The minimum absolute atomic E-state index is 0.289. The van der Waals surface area contributed by atoms with Crippen molar-refractivity contribution in [1.29, 1.82) is 0 Å². The quantitative estimate of drug-likeness (QED) is 0.789. The van der Waals surface area contributed by atoms with Crippen LogP contribution in [0.15, 0.2) is 36.4 Å². The monoisotopic (exact) mass is 366 g/mol. The average molecular weight is 367 g/mol. The van der Waals surface area contributed by atoms with Crippen molar-refractivity contribution in [2.45, 2.75) is 51.6 Å². The molecule has 1 aromatic heterocycles. The number of likely N-dealkylation sites (tertiary alicyclic amines) is 1. The van der Waals surface area contributed by atoms with Crippen LogP contribution in [0.4, 0.5) is 0 Å². The highest BCUT2D eigenvalue weighted by atomic mass is 16.2. The maximum atomic E-state index is 12.3. The summed E-state index contributed by atoms with van der Waals surface area (Å²) in [5.41, 5.74) is 3.75. The van der Waals surface area contributed by atoms with Crippen molar-refractivity contribution in [3.05, 3.63) is 53.3 Å². The molecule has 2 aliphatic heterocycles. The molecule has 0 unspecified atom stereocenters. The Morgan fingerprint density at radius 3 is 2.67 bits per heavy atom. The maximum absolute atomic E-state index is 12.3. The van der Waals surface area contributed by atoms with Crippen LogP contribution in [0.1, 0.15) is 49.1 Å². The van der Waals surface area contributed by atoms with E-state index in [1.165, 1.54) is 11.3 Å². The smallest absolute Gasteiger partial charge is 0.222 e. The number of benzene rings is 1. The van der Waals surface area contributed by atoms with E-state index in [2.05, 4.69) is 52.9 Å². The number of rotatable bonds is 6. The molecule has 4 rings (SSSR count). The first kappa shape index (κ1) is 18.2. The van der Waals surface area contributed by atoms with Gasteiger partial charge in [0, 0.05) is 45.6 Å². The van der Waals surface area contributed by atoms with Gasteiger partial charge in [-0.25, -0.2) is 0 Å². The van der Waals surface area contributed by atoms with E-state index in [-0.39, 0.29) is 5.91 Å². The summed E-state index contributed by atoms with van der Waals surface area (Å²) in [6.45, 7) is 8.17. The van der Waals surface area contributed by atoms with Gasteiger partial charge in [-0.15, -0.1) is 0 Å². The average Bonchev–Trinajstić information content (AvgIpc) is 3.36. The van der Waals surface area contributed by atoms with E-state index in [0.717, 1.165) is 64.2 Å². The van der Waals surface area contributed by atoms with E-state index in [0.29, 0.717) is 12.3 Å². The lowest BCUT2D eigenvalue weighted by molar-refractivity contribution is -0.130. The van der Waals surface area contributed by atoms with Crippen LogP contribution in [0.25, 0.3) is 0 Å². The van der Waals surface area contributed by atoms with Gasteiger partial charge in [-0.05, 0) is 30.4 Å². The van der Waals surface area contributed by atoms with E-state index in [1.54, 1.807) is 0 Å². The fraction of sp³-hybridized carbons (Fsp3) is 0.545. The Kier molecular flexibility index (Phi) is 5.58. The van der Waals surface area contributed by atoms with Gasteiger partial charge in [-0.1, -0.05) is 37.3 Å². The Bertz CT molecular complexity index is 764. The summed E-state index contributed by atoms with van der Waals surface area (Å²) in [6.07, 6.45) is 3.66. The third kappa shape index (κ3) is 4.41. The van der Waals surface area contributed by atoms with Crippen LogP contribution in [-0.4, -0.2) is 51.7 Å². The van der Waals surface area contributed by atoms with E-state index in [1.807, 2.05) is 4.90 Å². The second-order valence-electron chi connectivity index (χ2n) is 7.98. The lowest BCUT2D eigenvalue weighted by Crippen LogP contribution is -2.36. The Balaban J connectivity index is 1.31. The van der Waals surface area contributed by atoms with Gasteiger partial charge in [-0.3, -0.25) is 14.4 Å². The highest BCUT2D eigenvalue weighted by molar-refractivity contribution is 5.76. The van der Waals surface area contributed by atoms with E-state index < -0.39 is 0 Å². The molecule has 0 N–H and O–H groups in total. The first-order valence-corrected chi connectivity index (χ1v) is 10.3. The molecule has 27 heavy (non-hydrogen) atoms. The van der Waals surface area contributed by atoms with Gasteiger partial charge in [0.15, 0.2) is 0 Å². The van der Waals surface area contributed by atoms with Crippen LogP contribution in [0.2, 0.25) is 0 Å². The molecule has 0 aliphatic carbocycles. The molecular weight excluding hydrogens is 336 g/mol. The number of nitrogens with zero attached hydrogens (tertiary/aromatic N) is 4. The lowest BCUT2D eigenvalue weighted by Gasteiger charge is -2.30. The third-order valence-electron chi connectivity index (χ3n) is 5.88. The van der Waals surface area contributed by atoms with Crippen molar-refractivity contribution >= 4 is 5.91 Å². The molecule has 1 atom stereocenters. The zero-order chi connectivity index (χ0) is 18.6. The fourth-order valence-electron chi connectivity index (χ4n) is 4.29. The molecule has 144 valence electrons. The number of carbonyl (C=O) groups excluding carboxylic acids is 1. The summed E-state index contributed by atoms with van der Waals surface area (Å²) in [5, 5.41) is 4.74. The number of hydrogen-bond acceptors (Lipinski definition) is 3. The molecule has 2 aromatic rings. The van der Waals surface area contributed by atoms with Gasteiger partial charge in [0.2, 0.25) is 5.91 Å². The molecule has 5 nitrogen and oxygen atoms in total. The predicted molar refractivity (Wildman–Crippen MR) is 106 cm³/mol. The largest absolute Gasteiger partial charge is 0.343 e. The molecule has 0 saturated carbocycles. The summed E-state index contributed by atoms with van der Waals surface area (Å²) < 4.78 is 2.14. The molecule has 0 radical (unpaired) electrons. The molecule has 5 heteroatoms. The lowest BCUT2D eigenvalue weighted by atomic mass is 10.0. The van der Waals surface area contributed by atoms with Crippen molar-refractivity contribution in [2.75, 3.05) is 26.2 Å². The van der Waals surface area contributed by atoms with E-state index >= 15 is 0 Å². The zero-order valence-corrected chi connectivity index (χ0v) is 16.3. The topological polar surface area (TPSA) is 41.4 Å². The predicted octanol–water partition coefficient (Wildman–Crippen LogP) is 3.06. The van der Waals surface area contributed by atoms with Crippen molar-refractivity contribution < 1.29 is 4.79 Å². The van der Waals surface area contributed by atoms with Gasteiger partial charge < -0.3 is 4.90 Å². The van der Waals surface area contributed by atoms with Gasteiger partial charge in [-0.2, -0.15) is 5.10 Å². The number of hydrogen-bond donors (Lipinski definition) is 0. The normalized spacial score (nSPS) is 18.5. The first-order valence-electron chi connectivity index (χ1n) is 10.3. The zero-order valence-electron chi connectivity index (χ0n) is 16.3. The van der Waals surface area contributed by atoms with Gasteiger partial charge >= 0.3 is 0 Å². The van der Waals surface area contributed by atoms with Crippen LogP contribution in [0.3, 0.4) is 0 Å². The van der Waals surface area contributed by atoms with Crippen molar-refractivity contribution in [2.24, 2.45) is 0 Å². The minimum atomic E-state index is 0.289. The van der Waals surface area contributed by atoms with Gasteiger partial charge in [0.1, 0.15) is 0 Å². The molecular formula is C22H30N4O. The van der Waals surface area contributed by atoms with Crippen LogP contribution in [0.5, 0.6) is 0 Å². The molecule has 0 bridgehead atoms. The Morgan fingerprint density at radius 2 is 1.89 bits per heavy atom. The summed E-state index contributed by atoms with van der Waals surface area (Å²) in [7, 11) is 0. The SMILES string of the molecule is C[C@H](CN1CCn2nc(CCC(=O)N3CCCC3)cc2C1)c1ccccc1. The standard InChI is InChI=1S/C22H30N4O/c1-18(19-7-3-2-4-8-19)16-24-13-14-26-21(17-24)15-20(23-26)9-10-22(27)25-11-5-6-12-25/h2-4,7-8,15,18H,5-6,9-14,16-17H2,1H3/t18-/m1/s1. The summed E-state index contributed by atoms with van der Waals surface area (Å²) in [5.74, 6) is 0.815. The first-order chi connectivity index (χ1) is 13.2. The minimum Gasteiger partial charge on any atom is -0.343 e. The molecule has 1 saturated heterocycles. The summed E-state index contributed by atoms with van der Waals surface area (Å²) in [6, 6.07) is 12.9. The Labute approximate surface area is 162 Å². The van der Waals surface area contributed by atoms with E-state index in [4.69, 9.17) is 5.10 Å². The highest BCUT2D eigenvalue weighted by Gasteiger charge is 2.22. The third-order valence-corrected chi connectivity index (χ3v) is 5.88. The van der Waals surface area contributed by atoms with Gasteiger partial charge in [0.05, 0.1) is 17.9 Å². The molecule has 1 aromatic carbocycles. The fourth-order valence-corrected chi connectivity index (χ4v) is 4.29. The molecule has 0 spiro atoms. The molecule has 2 aliphatic rings. The van der Waals surface area contributed by atoms with Gasteiger partial charge in [0.25, 0.3) is 0 Å². The van der Waals surface area contributed by atoms with E-state index in [9.17, 15) is 4.79 Å². The molecule has 1 amide bonds. The highest BCUT2D eigenvalue weighted by Crippen LogP contribution is 2.21. The molecule has 1 fully saturated rings. The summed E-state index contributed by atoms with van der Waals surface area (Å²) >= 11 is 0. The Hall–Kier alpha value is -2.14. The second kappa shape index (κ2) is 8.26. The molecule has 3 heterocycles. The van der Waals surface area contributed by atoms with Crippen LogP contribution >= 0.6 is 0 Å². The van der Waals surface area contributed by atoms with Crippen LogP contribution in [0, 0.1) is 0 Å². The van der Waals surface area contributed by atoms with Crippen molar-refractivity contribution in [1.82, 2.24) is 19.6 Å². The number of carbonyl (C=O) groups is 1. The second-order valence-corrected chi connectivity index (χ2v) is 7.98. The van der Waals surface area contributed by atoms with Crippen LogP contribution in [-0.2, 0) is 24.3 Å².